The summed E-state index contributed by atoms with van der Waals surface area (Å²) in [5.41, 5.74) is 0. The number of aliphatic hydroxyl groups is 4. The van der Waals surface area contributed by atoms with Crippen LogP contribution in [0.5, 0.6) is 5.75 Å². The molecule has 6 heteroatoms. The Morgan fingerprint density at radius 1 is 0.769 bits per heavy atom. The fourth-order valence-corrected chi connectivity index (χ4v) is 3.29. The zero-order valence-corrected chi connectivity index (χ0v) is 13.9. The van der Waals surface area contributed by atoms with Crippen LogP contribution < -0.4 is 4.74 Å². The summed E-state index contributed by atoms with van der Waals surface area (Å²) in [6.07, 6.45) is -6.49. The number of rotatable bonds is 3. The molecule has 0 bridgehead atoms. The topological polar surface area (TPSA) is 99.4 Å². The molecule has 0 amide bonds. The Hall–Kier alpha value is -2.22. The zero-order valence-electron chi connectivity index (χ0n) is 13.9. The molecule has 5 atom stereocenters. The van der Waals surface area contributed by atoms with Gasteiger partial charge in [-0.25, -0.2) is 0 Å². The second kappa shape index (κ2) is 6.83. The molecule has 0 saturated carbocycles. The first-order chi connectivity index (χ1) is 12.6. The molecule has 6 nitrogen and oxygen atoms in total. The average molecular weight is 356 g/mol. The molecule has 0 radical (unpaired) electrons. The summed E-state index contributed by atoms with van der Waals surface area (Å²) in [6, 6.07) is 17.6. The van der Waals surface area contributed by atoms with E-state index in [-0.39, 0.29) is 0 Å². The fraction of sp³-hybridized carbons (Fsp3) is 0.300. The molecule has 136 valence electrons. The summed E-state index contributed by atoms with van der Waals surface area (Å²) in [7, 11) is 0. The van der Waals surface area contributed by atoms with Crippen LogP contribution in [0.15, 0.2) is 54.6 Å². The van der Waals surface area contributed by atoms with E-state index in [1.807, 2.05) is 42.5 Å². The third-order valence-corrected chi connectivity index (χ3v) is 4.78. The van der Waals surface area contributed by atoms with Gasteiger partial charge >= 0.3 is 0 Å². The summed E-state index contributed by atoms with van der Waals surface area (Å²) >= 11 is 0. The molecule has 1 heterocycles. The lowest BCUT2D eigenvalue weighted by molar-refractivity contribution is -0.277. The Morgan fingerprint density at radius 2 is 1.42 bits per heavy atom. The smallest absolute Gasteiger partial charge is 0.229 e. The average Bonchev–Trinajstić information content (AvgIpc) is 2.66. The van der Waals surface area contributed by atoms with Gasteiger partial charge in [-0.1, -0.05) is 30.3 Å². The quantitative estimate of drug-likeness (QED) is 0.526. The lowest BCUT2D eigenvalue weighted by atomic mass is 9.99. The van der Waals surface area contributed by atoms with E-state index >= 15 is 0 Å². The molecule has 1 aliphatic heterocycles. The van der Waals surface area contributed by atoms with E-state index in [1.54, 1.807) is 6.07 Å². The highest BCUT2D eigenvalue weighted by molar-refractivity contribution is 5.98. The second-order valence-electron chi connectivity index (χ2n) is 6.52. The second-order valence-corrected chi connectivity index (χ2v) is 6.52. The van der Waals surface area contributed by atoms with E-state index < -0.39 is 37.3 Å². The SMILES string of the molecule is OCC1OC(Oc2ccc3cc4ccccc4cc3c2)C(O)C(O)C1O. The number of benzene rings is 3. The lowest BCUT2D eigenvalue weighted by Crippen LogP contribution is -2.60. The third kappa shape index (κ3) is 3.02. The summed E-state index contributed by atoms with van der Waals surface area (Å²) in [5.74, 6) is 0.456. The number of fused-ring (bicyclic) bond motifs is 2. The number of hydrogen-bond donors (Lipinski definition) is 4. The van der Waals surface area contributed by atoms with Crippen LogP contribution in [0.4, 0.5) is 0 Å². The van der Waals surface area contributed by atoms with Crippen LogP contribution in [0, 0.1) is 0 Å². The van der Waals surface area contributed by atoms with Crippen LogP contribution in [0.1, 0.15) is 0 Å². The van der Waals surface area contributed by atoms with Gasteiger partial charge in [0.2, 0.25) is 6.29 Å². The maximum Gasteiger partial charge on any atom is 0.229 e. The molecular weight excluding hydrogens is 336 g/mol. The highest BCUT2D eigenvalue weighted by Crippen LogP contribution is 2.29. The molecule has 0 aliphatic carbocycles. The molecule has 1 fully saturated rings. The lowest BCUT2D eigenvalue weighted by Gasteiger charge is -2.39. The molecule has 3 aromatic rings. The summed E-state index contributed by atoms with van der Waals surface area (Å²) in [5, 5.41) is 43.3. The largest absolute Gasteiger partial charge is 0.462 e. The molecule has 1 saturated heterocycles. The van der Waals surface area contributed by atoms with Gasteiger partial charge in [-0.15, -0.1) is 0 Å². The Morgan fingerprint density at radius 3 is 2.12 bits per heavy atom. The van der Waals surface area contributed by atoms with Crippen molar-refractivity contribution in [3.05, 3.63) is 54.6 Å². The van der Waals surface area contributed by atoms with Crippen molar-refractivity contribution in [2.24, 2.45) is 0 Å². The van der Waals surface area contributed by atoms with Crippen molar-refractivity contribution < 1.29 is 29.9 Å². The molecule has 4 N–H and O–H groups in total. The molecule has 0 spiro atoms. The van der Waals surface area contributed by atoms with Crippen LogP contribution >= 0.6 is 0 Å². The molecule has 4 rings (SSSR count). The first kappa shape index (κ1) is 17.2. The normalized spacial score (nSPS) is 29.2. The summed E-state index contributed by atoms with van der Waals surface area (Å²) in [6.45, 7) is -0.492. The van der Waals surface area contributed by atoms with Crippen molar-refractivity contribution in [2.45, 2.75) is 30.7 Å². The van der Waals surface area contributed by atoms with E-state index in [0.29, 0.717) is 5.75 Å². The highest BCUT2D eigenvalue weighted by atomic mass is 16.7. The predicted molar refractivity (Wildman–Crippen MR) is 95.8 cm³/mol. The van der Waals surface area contributed by atoms with Crippen molar-refractivity contribution >= 4 is 21.5 Å². The van der Waals surface area contributed by atoms with Crippen LogP contribution in [0.2, 0.25) is 0 Å². The predicted octanol–water partition coefficient (Wildman–Crippen LogP) is 1.17. The van der Waals surface area contributed by atoms with E-state index in [0.717, 1.165) is 21.5 Å². The Kier molecular flexibility index (Phi) is 4.52. The van der Waals surface area contributed by atoms with Crippen molar-refractivity contribution in [2.75, 3.05) is 6.61 Å². The van der Waals surface area contributed by atoms with Gasteiger partial charge in [-0.3, -0.25) is 0 Å². The zero-order chi connectivity index (χ0) is 18.3. The number of aliphatic hydroxyl groups excluding tert-OH is 4. The van der Waals surface area contributed by atoms with Gasteiger partial charge < -0.3 is 29.9 Å². The van der Waals surface area contributed by atoms with Gasteiger partial charge in [-0.05, 0) is 45.8 Å². The number of ether oxygens (including phenoxy) is 2. The molecule has 0 aromatic heterocycles. The maximum absolute atomic E-state index is 10.1. The van der Waals surface area contributed by atoms with Crippen LogP contribution in [-0.4, -0.2) is 57.7 Å². The number of hydrogen-bond acceptors (Lipinski definition) is 6. The first-order valence-corrected chi connectivity index (χ1v) is 8.46. The van der Waals surface area contributed by atoms with Crippen molar-refractivity contribution in [1.82, 2.24) is 0 Å². The van der Waals surface area contributed by atoms with Gasteiger partial charge in [0.1, 0.15) is 30.2 Å². The Labute approximate surface area is 149 Å². The third-order valence-electron chi connectivity index (χ3n) is 4.78. The maximum atomic E-state index is 10.1. The molecule has 5 unspecified atom stereocenters. The van der Waals surface area contributed by atoms with E-state index in [1.165, 1.54) is 0 Å². The minimum atomic E-state index is -1.46. The van der Waals surface area contributed by atoms with E-state index in [9.17, 15) is 20.4 Å². The van der Waals surface area contributed by atoms with Gasteiger partial charge in [-0.2, -0.15) is 0 Å². The monoisotopic (exact) mass is 356 g/mol. The van der Waals surface area contributed by atoms with E-state index in [2.05, 4.69) is 6.07 Å². The summed E-state index contributed by atoms with van der Waals surface area (Å²) in [4.78, 5) is 0. The van der Waals surface area contributed by atoms with Crippen molar-refractivity contribution in [1.29, 1.82) is 0 Å². The van der Waals surface area contributed by atoms with Gasteiger partial charge in [0.25, 0.3) is 0 Å². The molecule has 3 aromatic carbocycles. The fourth-order valence-electron chi connectivity index (χ4n) is 3.29. The minimum absolute atomic E-state index is 0.456. The molecule has 26 heavy (non-hydrogen) atoms. The summed E-state index contributed by atoms with van der Waals surface area (Å²) < 4.78 is 11.1. The van der Waals surface area contributed by atoms with Gasteiger partial charge in [0.15, 0.2) is 0 Å². The van der Waals surface area contributed by atoms with Gasteiger partial charge in [0, 0.05) is 0 Å². The molecule has 1 aliphatic rings. The Balaban J connectivity index is 1.63. The van der Waals surface area contributed by atoms with Crippen LogP contribution in [-0.2, 0) is 4.74 Å². The Bertz CT molecular complexity index is 924. The first-order valence-electron chi connectivity index (χ1n) is 8.46. The van der Waals surface area contributed by atoms with Gasteiger partial charge in [0.05, 0.1) is 6.61 Å². The highest BCUT2D eigenvalue weighted by Gasteiger charge is 2.44. The van der Waals surface area contributed by atoms with Crippen LogP contribution in [0.3, 0.4) is 0 Å². The van der Waals surface area contributed by atoms with Crippen LogP contribution in [0.25, 0.3) is 21.5 Å². The standard InChI is InChI=1S/C20H20O6/c21-10-16-17(22)18(23)19(24)20(26-16)25-15-6-5-13-7-11-3-1-2-4-12(11)8-14(13)9-15/h1-9,16-24H,10H2. The van der Waals surface area contributed by atoms with Crippen molar-refractivity contribution in [3.63, 3.8) is 0 Å². The molecular formula is C20H20O6. The minimum Gasteiger partial charge on any atom is -0.462 e. The van der Waals surface area contributed by atoms with Crippen molar-refractivity contribution in [3.8, 4) is 5.75 Å². The van der Waals surface area contributed by atoms with E-state index in [4.69, 9.17) is 9.47 Å².